The van der Waals surface area contributed by atoms with Crippen molar-refractivity contribution in [2.75, 3.05) is 13.7 Å². The van der Waals surface area contributed by atoms with E-state index in [1.54, 1.807) is 13.2 Å². The number of hydrogen-bond acceptors (Lipinski definition) is 2. The van der Waals surface area contributed by atoms with Gasteiger partial charge in [-0.25, -0.2) is 4.39 Å². The lowest BCUT2D eigenvalue weighted by Gasteiger charge is -2.27. The number of halogens is 1. The maximum Gasteiger partial charge on any atom is 0.128 e. The number of methoxy groups -OCH3 is 1. The monoisotopic (exact) mass is 209 g/mol. The summed E-state index contributed by atoms with van der Waals surface area (Å²) in [4.78, 5) is 0. The third-order valence-electron chi connectivity index (χ3n) is 3.00. The van der Waals surface area contributed by atoms with Gasteiger partial charge in [-0.15, -0.1) is 0 Å². The first kappa shape index (κ1) is 10.4. The Morgan fingerprint density at radius 1 is 1.53 bits per heavy atom. The van der Waals surface area contributed by atoms with Gasteiger partial charge in [-0.05, 0) is 31.5 Å². The van der Waals surface area contributed by atoms with E-state index in [9.17, 15) is 4.39 Å². The Bertz CT molecular complexity index is 365. The summed E-state index contributed by atoms with van der Waals surface area (Å²) in [5.74, 6) is 0.691. The van der Waals surface area contributed by atoms with Crippen LogP contribution in [0.2, 0.25) is 0 Å². The molecule has 0 fully saturated rings. The number of rotatable bonds is 2. The fraction of sp³-hybridized carbons (Fsp3) is 0.500. The fourth-order valence-corrected chi connectivity index (χ4v) is 2.26. The quantitative estimate of drug-likeness (QED) is 0.807. The molecule has 2 nitrogen and oxygen atoms in total. The Hall–Kier alpha value is -1.09. The molecule has 0 amide bonds. The molecule has 0 aromatic heterocycles. The fourth-order valence-electron chi connectivity index (χ4n) is 2.26. The molecule has 1 unspecified atom stereocenters. The van der Waals surface area contributed by atoms with E-state index in [4.69, 9.17) is 4.74 Å². The summed E-state index contributed by atoms with van der Waals surface area (Å²) in [6, 6.07) is 3.34. The second-order valence-corrected chi connectivity index (χ2v) is 3.81. The minimum absolute atomic E-state index is 0.121. The summed E-state index contributed by atoms with van der Waals surface area (Å²) in [6.07, 6.45) is 1.74. The first-order valence-electron chi connectivity index (χ1n) is 5.36. The summed E-state index contributed by atoms with van der Waals surface area (Å²) in [6.45, 7) is 2.96. The highest BCUT2D eigenvalue weighted by Gasteiger charge is 2.24. The van der Waals surface area contributed by atoms with Gasteiger partial charge >= 0.3 is 0 Å². The van der Waals surface area contributed by atoms with Crippen LogP contribution in [0.3, 0.4) is 0 Å². The molecule has 1 aromatic carbocycles. The highest BCUT2D eigenvalue weighted by molar-refractivity contribution is 5.44. The third-order valence-corrected chi connectivity index (χ3v) is 3.00. The van der Waals surface area contributed by atoms with Crippen LogP contribution < -0.4 is 10.1 Å². The van der Waals surface area contributed by atoms with Crippen molar-refractivity contribution in [3.63, 3.8) is 0 Å². The van der Waals surface area contributed by atoms with Crippen LogP contribution in [-0.4, -0.2) is 13.7 Å². The number of benzene rings is 1. The summed E-state index contributed by atoms with van der Waals surface area (Å²) in [5, 5.41) is 3.32. The number of nitrogens with one attached hydrogen (secondary N) is 1. The van der Waals surface area contributed by atoms with Gasteiger partial charge in [0.05, 0.1) is 7.11 Å². The Morgan fingerprint density at radius 3 is 3.00 bits per heavy atom. The van der Waals surface area contributed by atoms with E-state index in [2.05, 4.69) is 12.2 Å². The van der Waals surface area contributed by atoms with Gasteiger partial charge in [0.25, 0.3) is 0 Å². The average Bonchev–Trinajstić information content (AvgIpc) is 2.29. The summed E-state index contributed by atoms with van der Waals surface area (Å²) in [5.41, 5.74) is 1.83. The molecule has 0 radical (unpaired) electrons. The largest absolute Gasteiger partial charge is 0.496 e. The van der Waals surface area contributed by atoms with Crippen LogP contribution in [0.15, 0.2) is 12.1 Å². The Balaban J connectivity index is 2.53. The van der Waals surface area contributed by atoms with Crippen LogP contribution >= 0.6 is 0 Å². The topological polar surface area (TPSA) is 21.3 Å². The summed E-state index contributed by atoms with van der Waals surface area (Å²) in [7, 11) is 1.64. The Labute approximate surface area is 89.4 Å². The molecular weight excluding hydrogens is 193 g/mol. The van der Waals surface area contributed by atoms with E-state index < -0.39 is 0 Å². The molecule has 1 aromatic rings. The molecule has 1 aliphatic heterocycles. The van der Waals surface area contributed by atoms with Gasteiger partial charge in [0.1, 0.15) is 11.6 Å². The minimum Gasteiger partial charge on any atom is -0.496 e. The van der Waals surface area contributed by atoms with Gasteiger partial charge in [-0.2, -0.15) is 0 Å². The lowest BCUT2D eigenvalue weighted by atomic mass is 9.91. The van der Waals surface area contributed by atoms with Crippen molar-refractivity contribution in [3.8, 4) is 5.75 Å². The normalized spacial score (nSPS) is 19.8. The number of ether oxygens (including phenoxy) is 1. The molecule has 1 aliphatic rings. The number of fused-ring (bicyclic) bond motifs is 1. The van der Waals surface area contributed by atoms with E-state index in [0.717, 1.165) is 36.3 Å². The zero-order valence-electron chi connectivity index (χ0n) is 9.14. The maximum atomic E-state index is 13.7. The molecule has 0 aliphatic carbocycles. The highest BCUT2D eigenvalue weighted by Crippen LogP contribution is 2.33. The maximum absolute atomic E-state index is 13.7. The van der Waals surface area contributed by atoms with Crippen molar-refractivity contribution in [1.29, 1.82) is 0 Å². The van der Waals surface area contributed by atoms with Crippen molar-refractivity contribution in [2.24, 2.45) is 0 Å². The molecule has 1 heterocycles. The first-order chi connectivity index (χ1) is 7.27. The smallest absolute Gasteiger partial charge is 0.128 e. The Kier molecular flexibility index (Phi) is 2.91. The van der Waals surface area contributed by atoms with E-state index >= 15 is 0 Å². The molecule has 1 N–H and O–H groups in total. The standard InChI is InChI=1S/C12H16FNO/c1-3-10-12-8(6-7-14-10)11(15-2)5-4-9(12)13/h4-5,10,14H,3,6-7H2,1-2H3. The molecule has 1 atom stereocenters. The van der Waals surface area contributed by atoms with Gasteiger partial charge in [-0.1, -0.05) is 6.92 Å². The second kappa shape index (κ2) is 4.19. The molecule has 15 heavy (non-hydrogen) atoms. The van der Waals surface area contributed by atoms with Gasteiger partial charge in [0.15, 0.2) is 0 Å². The Morgan fingerprint density at radius 2 is 2.33 bits per heavy atom. The lowest BCUT2D eigenvalue weighted by Crippen LogP contribution is -2.30. The molecule has 0 saturated carbocycles. The van der Waals surface area contributed by atoms with E-state index in [1.165, 1.54) is 6.07 Å². The zero-order chi connectivity index (χ0) is 10.8. The van der Waals surface area contributed by atoms with Crippen LogP contribution in [0.5, 0.6) is 5.75 Å². The molecule has 0 saturated heterocycles. The van der Waals surface area contributed by atoms with Gasteiger partial charge in [0, 0.05) is 17.2 Å². The zero-order valence-corrected chi connectivity index (χ0v) is 9.14. The van der Waals surface area contributed by atoms with Crippen LogP contribution in [0, 0.1) is 5.82 Å². The van der Waals surface area contributed by atoms with Crippen LogP contribution in [0.25, 0.3) is 0 Å². The summed E-state index contributed by atoms with van der Waals surface area (Å²) < 4.78 is 19.0. The van der Waals surface area contributed by atoms with Crippen molar-refractivity contribution < 1.29 is 9.13 Å². The van der Waals surface area contributed by atoms with Crippen molar-refractivity contribution in [3.05, 3.63) is 29.1 Å². The first-order valence-corrected chi connectivity index (χ1v) is 5.36. The lowest BCUT2D eigenvalue weighted by molar-refractivity contribution is 0.393. The third kappa shape index (κ3) is 1.72. The molecule has 0 bridgehead atoms. The molecular formula is C12H16FNO. The SMILES string of the molecule is CCC1NCCc2c(OC)ccc(F)c21. The minimum atomic E-state index is -0.121. The molecule has 3 heteroatoms. The molecule has 2 rings (SSSR count). The number of hydrogen-bond donors (Lipinski definition) is 1. The molecule has 0 spiro atoms. The van der Waals surface area contributed by atoms with Gasteiger partial charge in [-0.3, -0.25) is 0 Å². The highest BCUT2D eigenvalue weighted by atomic mass is 19.1. The van der Waals surface area contributed by atoms with Crippen molar-refractivity contribution >= 4 is 0 Å². The van der Waals surface area contributed by atoms with Crippen LogP contribution in [0.4, 0.5) is 4.39 Å². The second-order valence-electron chi connectivity index (χ2n) is 3.81. The summed E-state index contributed by atoms with van der Waals surface area (Å²) >= 11 is 0. The van der Waals surface area contributed by atoms with Crippen molar-refractivity contribution in [2.45, 2.75) is 25.8 Å². The average molecular weight is 209 g/mol. The molecule has 82 valence electrons. The van der Waals surface area contributed by atoms with Gasteiger partial charge in [0.2, 0.25) is 0 Å². The van der Waals surface area contributed by atoms with Gasteiger partial charge < -0.3 is 10.1 Å². The van der Waals surface area contributed by atoms with Crippen LogP contribution in [0.1, 0.15) is 30.5 Å². The predicted octanol–water partition coefficient (Wildman–Crippen LogP) is 2.43. The van der Waals surface area contributed by atoms with E-state index in [1.807, 2.05) is 0 Å². The van der Waals surface area contributed by atoms with E-state index in [-0.39, 0.29) is 11.9 Å². The van der Waals surface area contributed by atoms with E-state index in [0.29, 0.717) is 0 Å². The van der Waals surface area contributed by atoms with Crippen molar-refractivity contribution in [1.82, 2.24) is 5.32 Å². The predicted molar refractivity (Wildman–Crippen MR) is 57.7 cm³/mol. The van der Waals surface area contributed by atoms with Crippen LogP contribution in [-0.2, 0) is 6.42 Å².